The average Bonchev–Trinajstić information content (AvgIpc) is 3.07. The molecule has 7 heteroatoms. The molecule has 0 spiro atoms. The summed E-state index contributed by atoms with van der Waals surface area (Å²) in [5.41, 5.74) is 1.21. The minimum absolute atomic E-state index is 0.0255. The largest absolute Gasteiger partial charge is 0.447 e. The topological polar surface area (TPSA) is 62.6 Å². The summed E-state index contributed by atoms with van der Waals surface area (Å²) in [6, 6.07) is 5.43. The zero-order chi connectivity index (χ0) is 14.8. The van der Waals surface area contributed by atoms with E-state index in [1.165, 1.54) is 25.7 Å². The van der Waals surface area contributed by atoms with E-state index in [2.05, 4.69) is 23.7 Å². The van der Waals surface area contributed by atoms with Gasteiger partial charge in [0.1, 0.15) is 5.76 Å². The minimum Gasteiger partial charge on any atom is -0.447 e. The third kappa shape index (κ3) is 3.29. The van der Waals surface area contributed by atoms with E-state index in [9.17, 15) is 8.42 Å². The summed E-state index contributed by atoms with van der Waals surface area (Å²) in [7, 11) is -0.536. The van der Waals surface area contributed by atoms with Crippen LogP contribution in [0, 0.1) is 0 Å². The van der Waals surface area contributed by atoms with Crippen molar-refractivity contribution in [2.24, 2.45) is 0 Å². The molecule has 1 N–H and O–H groups in total. The standard InChI is InChI=1S/C13H18N2O3S2/c1-10(11-6-7-19-9-11)14-8-12-4-5-13(18-12)20(16,17)15(2)3/h4-7,9-10,14H,8H2,1-3H3. The molecule has 0 aliphatic heterocycles. The first-order valence-electron chi connectivity index (χ1n) is 6.18. The maximum absolute atomic E-state index is 11.9. The molecule has 1 atom stereocenters. The van der Waals surface area contributed by atoms with Crippen LogP contribution in [0.15, 0.2) is 38.5 Å². The molecule has 5 nitrogen and oxygen atoms in total. The monoisotopic (exact) mass is 314 g/mol. The summed E-state index contributed by atoms with van der Waals surface area (Å²) >= 11 is 1.65. The lowest BCUT2D eigenvalue weighted by Crippen LogP contribution is -2.21. The van der Waals surface area contributed by atoms with Gasteiger partial charge in [0.2, 0.25) is 5.09 Å². The van der Waals surface area contributed by atoms with Gasteiger partial charge in [0.15, 0.2) is 0 Å². The highest BCUT2D eigenvalue weighted by atomic mass is 32.2. The first-order valence-corrected chi connectivity index (χ1v) is 8.56. The third-order valence-corrected chi connectivity index (χ3v) is 5.39. The van der Waals surface area contributed by atoms with Gasteiger partial charge in [-0.05, 0) is 41.4 Å². The predicted octanol–water partition coefficient (Wildman–Crippen LogP) is 2.44. The summed E-state index contributed by atoms with van der Waals surface area (Å²) in [5, 5.41) is 7.39. The van der Waals surface area contributed by atoms with Crippen molar-refractivity contribution >= 4 is 21.4 Å². The first kappa shape index (κ1) is 15.2. The molecule has 0 aromatic carbocycles. The smallest absolute Gasteiger partial charge is 0.275 e. The molecule has 0 amide bonds. The van der Waals surface area contributed by atoms with E-state index >= 15 is 0 Å². The number of furan rings is 1. The van der Waals surface area contributed by atoms with Crippen LogP contribution >= 0.6 is 11.3 Å². The third-order valence-electron chi connectivity index (χ3n) is 3.00. The second kappa shape index (κ2) is 6.09. The van der Waals surface area contributed by atoms with Gasteiger partial charge in [-0.2, -0.15) is 11.3 Å². The molecule has 0 saturated carbocycles. The molecule has 2 heterocycles. The minimum atomic E-state index is -3.50. The number of nitrogens with zero attached hydrogens (tertiary/aromatic N) is 1. The van der Waals surface area contributed by atoms with Crippen LogP contribution in [-0.2, 0) is 16.6 Å². The Morgan fingerprint density at radius 2 is 2.10 bits per heavy atom. The first-order chi connectivity index (χ1) is 9.41. The molecule has 2 rings (SSSR count). The van der Waals surface area contributed by atoms with E-state index in [0.29, 0.717) is 12.3 Å². The Labute approximate surface area is 123 Å². The van der Waals surface area contributed by atoms with Crippen molar-refractivity contribution in [1.29, 1.82) is 0 Å². The Morgan fingerprint density at radius 1 is 1.35 bits per heavy atom. The van der Waals surface area contributed by atoms with Gasteiger partial charge in [0.25, 0.3) is 10.0 Å². The van der Waals surface area contributed by atoms with Crippen LogP contribution in [0.1, 0.15) is 24.3 Å². The van der Waals surface area contributed by atoms with Crippen LogP contribution in [0.4, 0.5) is 0 Å². The summed E-state index contributed by atoms with van der Waals surface area (Å²) in [6.45, 7) is 2.54. The van der Waals surface area contributed by atoms with Crippen LogP contribution in [0.3, 0.4) is 0 Å². The summed E-state index contributed by atoms with van der Waals surface area (Å²) in [6.07, 6.45) is 0. The molecule has 1 unspecified atom stereocenters. The van der Waals surface area contributed by atoms with E-state index in [1.54, 1.807) is 17.4 Å². The molecule has 2 aromatic rings. The number of nitrogens with one attached hydrogen (secondary N) is 1. The van der Waals surface area contributed by atoms with Crippen LogP contribution in [0.2, 0.25) is 0 Å². The fraction of sp³-hybridized carbons (Fsp3) is 0.385. The molecule has 110 valence electrons. The van der Waals surface area contributed by atoms with Crippen molar-refractivity contribution in [2.75, 3.05) is 14.1 Å². The van der Waals surface area contributed by atoms with Crippen molar-refractivity contribution in [3.63, 3.8) is 0 Å². The predicted molar refractivity (Wildman–Crippen MR) is 79.2 cm³/mol. The zero-order valence-electron chi connectivity index (χ0n) is 11.7. The van der Waals surface area contributed by atoms with Crippen LogP contribution < -0.4 is 5.32 Å². The van der Waals surface area contributed by atoms with Gasteiger partial charge in [-0.25, -0.2) is 12.7 Å². The molecule has 0 bridgehead atoms. The van der Waals surface area contributed by atoms with Crippen molar-refractivity contribution in [3.05, 3.63) is 40.3 Å². The highest BCUT2D eigenvalue weighted by Gasteiger charge is 2.21. The summed E-state index contributed by atoms with van der Waals surface area (Å²) < 4.78 is 30.3. The quantitative estimate of drug-likeness (QED) is 0.889. The second-order valence-electron chi connectivity index (χ2n) is 4.67. The van der Waals surface area contributed by atoms with Crippen LogP contribution in [0.25, 0.3) is 0 Å². The Bertz CT molecular complexity index is 645. The van der Waals surface area contributed by atoms with Crippen LogP contribution in [-0.4, -0.2) is 26.8 Å². The highest BCUT2D eigenvalue weighted by molar-refractivity contribution is 7.88. The van der Waals surface area contributed by atoms with E-state index in [-0.39, 0.29) is 11.1 Å². The molecule has 20 heavy (non-hydrogen) atoms. The number of rotatable bonds is 6. The SMILES string of the molecule is CC(NCc1ccc(S(=O)(=O)N(C)C)o1)c1ccsc1. The second-order valence-corrected chi connectivity index (χ2v) is 7.53. The fourth-order valence-corrected chi connectivity index (χ4v) is 3.23. The van der Waals surface area contributed by atoms with E-state index in [0.717, 1.165) is 4.31 Å². The Balaban J connectivity index is 2.00. The summed E-state index contributed by atoms with van der Waals surface area (Å²) in [4.78, 5) is 0. The van der Waals surface area contributed by atoms with Gasteiger partial charge in [-0.1, -0.05) is 0 Å². The molecular weight excluding hydrogens is 296 g/mol. The number of hydrogen-bond acceptors (Lipinski definition) is 5. The lowest BCUT2D eigenvalue weighted by Gasteiger charge is -2.11. The normalized spacial score (nSPS) is 13.8. The van der Waals surface area contributed by atoms with Gasteiger partial charge in [-0.15, -0.1) is 0 Å². The fourth-order valence-electron chi connectivity index (χ4n) is 1.66. The number of sulfonamides is 1. The molecule has 0 aliphatic rings. The maximum atomic E-state index is 11.9. The number of thiophene rings is 1. The van der Waals surface area contributed by atoms with Gasteiger partial charge >= 0.3 is 0 Å². The van der Waals surface area contributed by atoms with Crippen molar-refractivity contribution in [2.45, 2.75) is 24.6 Å². The van der Waals surface area contributed by atoms with E-state index < -0.39 is 10.0 Å². The highest BCUT2D eigenvalue weighted by Crippen LogP contribution is 2.19. The molecular formula is C13H18N2O3S2. The van der Waals surface area contributed by atoms with Gasteiger partial charge in [0.05, 0.1) is 6.54 Å². The maximum Gasteiger partial charge on any atom is 0.275 e. The molecule has 0 fully saturated rings. The molecule has 2 aromatic heterocycles. The van der Waals surface area contributed by atoms with Crippen molar-refractivity contribution in [1.82, 2.24) is 9.62 Å². The van der Waals surface area contributed by atoms with Gasteiger partial charge in [-0.3, -0.25) is 0 Å². The molecule has 0 aliphatic carbocycles. The molecule has 0 radical (unpaired) electrons. The van der Waals surface area contributed by atoms with E-state index in [1.807, 2.05) is 5.38 Å². The zero-order valence-corrected chi connectivity index (χ0v) is 13.3. The van der Waals surface area contributed by atoms with Crippen molar-refractivity contribution < 1.29 is 12.8 Å². The Kier molecular flexibility index (Phi) is 4.64. The average molecular weight is 314 g/mol. The van der Waals surface area contributed by atoms with Gasteiger partial charge < -0.3 is 9.73 Å². The van der Waals surface area contributed by atoms with Crippen LogP contribution in [0.5, 0.6) is 0 Å². The lowest BCUT2D eigenvalue weighted by molar-refractivity contribution is 0.382. The Hall–Kier alpha value is -1.15. The summed E-state index contributed by atoms with van der Waals surface area (Å²) in [5.74, 6) is 0.604. The number of hydrogen-bond donors (Lipinski definition) is 1. The van der Waals surface area contributed by atoms with Crippen molar-refractivity contribution in [3.8, 4) is 0 Å². The van der Waals surface area contributed by atoms with E-state index in [4.69, 9.17) is 4.42 Å². The van der Waals surface area contributed by atoms with Gasteiger partial charge in [0, 0.05) is 20.1 Å². The molecule has 0 saturated heterocycles. The Morgan fingerprint density at radius 3 is 2.70 bits per heavy atom. The lowest BCUT2D eigenvalue weighted by atomic mass is 10.2.